The van der Waals surface area contributed by atoms with Crippen LogP contribution in [0.15, 0.2) is 60.8 Å². The van der Waals surface area contributed by atoms with E-state index in [-0.39, 0.29) is 0 Å². The summed E-state index contributed by atoms with van der Waals surface area (Å²) in [6, 6.07) is 20.4. The van der Waals surface area contributed by atoms with Crippen LogP contribution in [0.4, 0.5) is 0 Å². The first-order chi connectivity index (χ1) is 16.2. The van der Waals surface area contributed by atoms with Crippen molar-refractivity contribution in [2.75, 3.05) is 0 Å². The van der Waals surface area contributed by atoms with Crippen LogP contribution >= 0.6 is 0 Å². The van der Waals surface area contributed by atoms with Crippen molar-refractivity contribution < 1.29 is 4.74 Å². The second-order valence-electron chi connectivity index (χ2n) is 9.98. The van der Waals surface area contributed by atoms with Crippen LogP contribution < -0.4 is 4.74 Å². The zero-order valence-electron chi connectivity index (χ0n) is 19.2. The van der Waals surface area contributed by atoms with Gasteiger partial charge in [0, 0.05) is 17.3 Å². The van der Waals surface area contributed by atoms with Gasteiger partial charge in [-0.05, 0) is 83.3 Å². The van der Waals surface area contributed by atoms with Crippen LogP contribution in [-0.4, -0.2) is 4.98 Å². The zero-order valence-corrected chi connectivity index (χ0v) is 19.2. The van der Waals surface area contributed by atoms with Crippen molar-refractivity contribution in [3.63, 3.8) is 0 Å². The lowest BCUT2D eigenvalue weighted by Gasteiger charge is -2.25. The van der Waals surface area contributed by atoms with E-state index in [0.717, 1.165) is 28.1 Å². The van der Waals surface area contributed by atoms with Gasteiger partial charge >= 0.3 is 0 Å². The molecule has 7 rings (SSSR count). The molecule has 1 saturated carbocycles. The van der Waals surface area contributed by atoms with Crippen molar-refractivity contribution >= 4 is 32.3 Å². The van der Waals surface area contributed by atoms with E-state index in [4.69, 9.17) is 9.72 Å². The second-order valence-corrected chi connectivity index (χ2v) is 9.98. The Balaban J connectivity index is 1.49. The minimum Gasteiger partial charge on any atom is -0.456 e. The predicted molar refractivity (Wildman–Crippen MR) is 138 cm³/mol. The summed E-state index contributed by atoms with van der Waals surface area (Å²) in [5.74, 6) is 2.58. The highest BCUT2D eigenvalue weighted by atomic mass is 16.5. The Morgan fingerprint density at radius 1 is 0.788 bits per heavy atom. The molecule has 2 heterocycles. The Bertz CT molecular complexity index is 1590. The molecule has 0 bridgehead atoms. The highest BCUT2D eigenvalue weighted by Gasteiger charge is 2.25. The van der Waals surface area contributed by atoms with Gasteiger partial charge in [-0.25, -0.2) is 0 Å². The van der Waals surface area contributed by atoms with Crippen molar-refractivity contribution in [1.29, 1.82) is 0 Å². The van der Waals surface area contributed by atoms with Gasteiger partial charge in [0.2, 0.25) is 0 Å². The number of hydrogen-bond donors (Lipinski definition) is 0. The van der Waals surface area contributed by atoms with Crippen molar-refractivity contribution in [3.8, 4) is 22.8 Å². The molecule has 0 spiro atoms. The van der Waals surface area contributed by atoms with Crippen molar-refractivity contribution in [1.82, 2.24) is 4.98 Å². The van der Waals surface area contributed by atoms with Gasteiger partial charge in [-0.1, -0.05) is 61.2 Å². The molecule has 1 aliphatic carbocycles. The third-order valence-electron chi connectivity index (χ3n) is 7.89. The van der Waals surface area contributed by atoms with E-state index in [1.54, 1.807) is 0 Å². The van der Waals surface area contributed by atoms with Gasteiger partial charge in [-0.15, -0.1) is 0 Å². The van der Waals surface area contributed by atoms with Gasteiger partial charge in [0.05, 0.1) is 11.1 Å². The maximum absolute atomic E-state index is 6.67. The van der Waals surface area contributed by atoms with E-state index >= 15 is 0 Å². The highest BCUT2D eigenvalue weighted by Crippen LogP contribution is 2.50. The van der Waals surface area contributed by atoms with Crippen LogP contribution in [0, 0.1) is 13.8 Å². The van der Waals surface area contributed by atoms with Crippen LogP contribution in [0.5, 0.6) is 11.5 Å². The first-order valence-corrected chi connectivity index (χ1v) is 12.2. The van der Waals surface area contributed by atoms with Crippen LogP contribution in [-0.2, 0) is 0 Å². The largest absolute Gasteiger partial charge is 0.456 e. The van der Waals surface area contributed by atoms with Crippen molar-refractivity contribution in [2.45, 2.75) is 51.9 Å². The van der Waals surface area contributed by atoms with Gasteiger partial charge in [0.1, 0.15) is 11.5 Å². The molecule has 5 aromatic rings. The van der Waals surface area contributed by atoms with E-state index in [2.05, 4.69) is 68.4 Å². The number of rotatable bonds is 1. The number of aromatic nitrogens is 1. The normalized spacial score (nSPS) is 15.7. The number of benzene rings is 4. The number of aryl methyl sites for hydroxylation is 2. The summed E-state index contributed by atoms with van der Waals surface area (Å²) >= 11 is 0. The molecule has 0 N–H and O–H groups in total. The summed E-state index contributed by atoms with van der Waals surface area (Å²) in [5.41, 5.74) is 6.07. The Labute approximate surface area is 194 Å². The third kappa shape index (κ3) is 2.83. The molecule has 0 radical (unpaired) electrons. The fraction of sp³-hybridized carbons (Fsp3) is 0.258. The van der Waals surface area contributed by atoms with Gasteiger partial charge in [0.25, 0.3) is 0 Å². The average molecular weight is 430 g/mol. The molecule has 0 atom stereocenters. The van der Waals surface area contributed by atoms with E-state index in [1.165, 1.54) is 75.7 Å². The standard InChI is InChI=1S/C31H27NO/c1-18-8-10-24-19(2)31-27(16-22(24)14-18)30-29-26(12-13-32-30)25-11-9-21(20-6-4-3-5-7-20)15-23(25)17-28(29)33-31/h8-17,20H,3-7H2,1-2H3. The highest BCUT2D eigenvalue weighted by molar-refractivity contribution is 6.16. The van der Waals surface area contributed by atoms with E-state index < -0.39 is 0 Å². The van der Waals surface area contributed by atoms with Gasteiger partial charge in [-0.3, -0.25) is 4.98 Å². The van der Waals surface area contributed by atoms with E-state index in [9.17, 15) is 0 Å². The van der Waals surface area contributed by atoms with Gasteiger partial charge in [0.15, 0.2) is 0 Å². The van der Waals surface area contributed by atoms with Crippen LogP contribution in [0.1, 0.15) is 54.7 Å². The quantitative estimate of drug-likeness (QED) is 0.243. The second kappa shape index (κ2) is 7.05. The molecule has 2 nitrogen and oxygen atoms in total. The number of pyridine rings is 1. The first-order valence-electron chi connectivity index (χ1n) is 12.2. The molecule has 1 fully saturated rings. The maximum atomic E-state index is 6.67. The van der Waals surface area contributed by atoms with Crippen LogP contribution in [0.25, 0.3) is 43.6 Å². The summed E-state index contributed by atoms with van der Waals surface area (Å²) in [6.07, 6.45) is 8.68. The van der Waals surface area contributed by atoms with Crippen molar-refractivity contribution in [2.24, 2.45) is 0 Å². The molecule has 0 saturated heterocycles. The number of fused-ring (bicyclic) bond motifs is 5. The minimum absolute atomic E-state index is 0.696. The molecular weight excluding hydrogens is 402 g/mol. The lowest BCUT2D eigenvalue weighted by molar-refractivity contribution is 0.444. The summed E-state index contributed by atoms with van der Waals surface area (Å²) in [5, 5.41) is 7.42. The average Bonchev–Trinajstić information content (AvgIpc) is 2.85. The Kier molecular flexibility index (Phi) is 4.08. The molecule has 162 valence electrons. The Morgan fingerprint density at radius 3 is 2.48 bits per heavy atom. The fourth-order valence-corrected chi connectivity index (χ4v) is 6.18. The Morgan fingerprint density at radius 2 is 1.61 bits per heavy atom. The molecule has 4 aromatic carbocycles. The maximum Gasteiger partial charge on any atom is 0.140 e. The first kappa shape index (κ1) is 19.1. The lowest BCUT2D eigenvalue weighted by atomic mass is 9.83. The predicted octanol–water partition coefficient (Wildman–Crippen LogP) is 8.98. The minimum atomic E-state index is 0.696. The molecule has 0 unspecified atom stereocenters. The molecule has 0 amide bonds. The summed E-state index contributed by atoms with van der Waals surface area (Å²) in [7, 11) is 0. The SMILES string of the molecule is Cc1ccc2c(C)c3c(cc2c1)-c1nccc2c1c(cc1cc(C4CCCCC4)ccc12)O3. The van der Waals surface area contributed by atoms with E-state index in [0.29, 0.717) is 5.92 Å². The molecule has 1 aromatic heterocycles. The van der Waals surface area contributed by atoms with Crippen LogP contribution in [0.2, 0.25) is 0 Å². The summed E-state index contributed by atoms with van der Waals surface area (Å²) in [6.45, 7) is 4.32. The molecule has 33 heavy (non-hydrogen) atoms. The summed E-state index contributed by atoms with van der Waals surface area (Å²) < 4.78 is 6.67. The van der Waals surface area contributed by atoms with Crippen LogP contribution in [0.3, 0.4) is 0 Å². The number of ether oxygens (including phenoxy) is 1. The third-order valence-corrected chi connectivity index (χ3v) is 7.89. The fourth-order valence-electron chi connectivity index (χ4n) is 6.18. The molecular formula is C31H27NO. The van der Waals surface area contributed by atoms with Gasteiger partial charge < -0.3 is 4.74 Å². The molecule has 2 heteroatoms. The lowest BCUT2D eigenvalue weighted by Crippen LogP contribution is -2.05. The van der Waals surface area contributed by atoms with Gasteiger partial charge in [-0.2, -0.15) is 0 Å². The Hall–Kier alpha value is -3.39. The number of hydrogen-bond acceptors (Lipinski definition) is 2. The van der Waals surface area contributed by atoms with E-state index in [1.807, 2.05) is 6.20 Å². The molecule has 2 aliphatic rings. The van der Waals surface area contributed by atoms with Crippen molar-refractivity contribution in [3.05, 3.63) is 77.5 Å². The topological polar surface area (TPSA) is 22.1 Å². The monoisotopic (exact) mass is 429 g/mol. The molecule has 1 aliphatic heterocycles. The summed E-state index contributed by atoms with van der Waals surface area (Å²) in [4.78, 5) is 4.87. The smallest absolute Gasteiger partial charge is 0.140 e. The zero-order chi connectivity index (χ0) is 22.1. The number of nitrogens with zero attached hydrogens (tertiary/aromatic N) is 1.